The van der Waals surface area contributed by atoms with Crippen molar-refractivity contribution in [3.63, 3.8) is 0 Å². The van der Waals surface area contributed by atoms with Gasteiger partial charge in [0.1, 0.15) is 5.82 Å². The highest BCUT2D eigenvalue weighted by Gasteiger charge is 2.26. The number of hydrogen-bond donors (Lipinski definition) is 0. The summed E-state index contributed by atoms with van der Waals surface area (Å²) < 4.78 is 0. The number of hydrogen-bond acceptors (Lipinski definition) is 2. The monoisotopic (exact) mass is 262 g/mol. The molecule has 108 valence electrons. The van der Waals surface area contributed by atoms with Crippen LogP contribution in [0.5, 0.6) is 0 Å². The van der Waals surface area contributed by atoms with Crippen molar-refractivity contribution >= 4 is 0 Å². The van der Waals surface area contributed by atoms with Crippen LogP contribution >= 0.6 is 0 Å². The quantitative estimate of drug-likeness (QED) is 0.683. The number of aromatic nitrogens is 2. The molecule has 0 spiro atoms. The standard InChI is InChI=1S/C17H30N2/c1-7-13(5)14(8-2)16-18-12-11-15(19-16)17(6,9-3)10-4/h11-14H,7-10H2,1-6H3. The van der Waals surface area contributed by atoms with E-state index < -0.39 is 0 Å². The maximum atomic E-state index is 4.92. The zero-order valence-electron chi connectivity index (χ0n) is 13.5. The van der Waals surface area contributed by atoms with Crippen LogP contribution < -0.4 is 0 Å². The summed E-state index contributed by atoms with van der Waals surface area (Å²) in [5.41, 5.74) is 1.40. The molecule has 0 fully saturated rings. The van der Waals surface area contributed by atoms with E-state index in [1.807, 2.05) is 6.20 Å². The Kier molecular flexibility index (Phi) is 5.96. The Bertz CT molecular complexity index is 383. The zero-order valence-corrected chi connectivity index (χ0v) is 13.5. The van der Waals surface area contributed by atoms with E-state index in [4.69, 9.17) is 4.98 Å². The van der Waals surface area contributed by atoms with E-state index in [2.05, 4.69) is 52.6 Å². The summed E-state index contributed by atoms with van der Waals surface area (Å²) in [5, 5.41) is 0. The van der Waals surface area contributed by atoms with Gasteiger partial charge in [0, 0.05) is 23.2 Å². The second-order valence-corrected chi connectivity index (χ2v) is 5.97. The molecule has 0 saturated carbocycles. The molecule has 1 aromatic heterocycles. The summed E-state index contributed by atoms with van der Waals surface area (Å²) in [6.45, 7) is 13.6. The average molecular weight is 262 g/mol. The van der Waals surface area contributed by atoms with Gasteiger partial charge in [-0.2, -0.15) is 0 Å². The van der Waals surface area contributed by atoms with Crippen LogP contribution in [0.4, 0.5) is 0 Å². The zero-order chi connectivity index (χ0) is 14.5. The lowest BCUT2D eigenvalue weighted by molar-refractivity contribution is 0.397. The molecule has 0 saturated heterocycles. The van der Waals surface area contributed by atoms with E-state index in [0.717, 1.165) is 25.1 Å². The molecule has 1 rings (SSSR count). The first-order valence-corrected chi connectivity index (χ1v) is 7.85. The van der Waals surface area contributed by atoms with E-state index in [9.17, 15) is 0 Å². The first-order chi connectivity index (χ1) is 9.02. The van der Waals surface area contributed by atoms with Gasteiger partial charge in [0.15, 0.2) is 0 Å². The molecule has 2 unspecified atom stereocenters. The van der Waals surface area contributed by atoms with Crippen LogP contribution in [0.2, 0.25) is 0 Å². The van der Waals surface area contributed by atoms with Crippen LogP contribution in [-0.2, 0) is 5.41 Å². The van der Waals surface area contributed by atoms with E-state index in [1.54, 1.807) is 0 Å². The molecule has 19 heavy (non-hydrogen) atoms. The Morgan fingerprint density at radius 1 is 1.11 bits per heavy atom. The third-order valence-electron chi connectivity index (χ3n) is 4.96. The largest absolute Gasteiger partial charge is 0.241 e. The summed E-state index contributed by atoms with van der Waals surface area (Å²) in [5.74, 6) is 2.18. The van der Waals surface area contributed by atoms with Crippen molar-refractivity contribution in [1.82, 2.24) is 9.97 Å². The van der Waals surface area contributed by atoms with E-state index in [-0.39, 0.29) is 5.41 Å². The molecule has 2 atom stereocenters. The Labute approximate surface area is 119 Å². The molecular formula is C17H30N2. The van der Waals surface area contributed by atoms with Crippen molar-refractivity contribution in [2.24, 2.45) is 5.92 Å². The molecule has 1 heterocycles. The van der Waals surface area contributed by atoms with Crippen molar-refractivity contribution in [2.75, 3.05) is 0 Å². The molecule has 0 aliphatic carbocycles. The SMILES string of the molecule is CCC(C)C(CC)c1nccc(C(C)(CC)CC)n1. The lowest BCUT2D eigenvalue weighted by atomic mass is 9.81. The summed E-state index contributed by atoms with van der Waals surface area (Å²) in [6, 6.07) is 2.10. The van der Waals surface area contributed by atoms with Gasteiger partial charge >= 0.3 is 0 Å². The second kappa shape index (κ2) is 7.02. The van der Waals surface area contributed by atoms with Crippen LogP contribution in [0.1, 0.15) is 84.7 Å². The molecule has 0 N–H and O–H groups in total. The van der Waals surface area contributed by atoms with Gasteiger partial charge in [-0.05, 0) is 31.2 Å². The molecule has 1 aromatic rings. The van der Waals surface area contributed by atoms with Gasteiger partial charge in [0.25, 0.3) is 0 Å². The predicted molar refractivity (Wildman–Crippen MR) is 82.5 cm³/mol. The fraction of sp³-hybridized carbons (Fsp3) is 0.765. The molecule has 0 bridgehead atoms. The van der Waals surface area contributed by atoms with Crippen LogP contribution in [0.3, 0.4) is 0 Å². The molecule has 0 radical (unpaired) electrons. The molecule has 0 aromatic carbocycles. The van der Waals surface area contributed by atoms with Crippen LogP contribution in [0.15, 0.2) is 12.3 Å². The summed E-state index contributed by atoms with van der Waals surface area (Å²) >= 11 is 0. The average Bonchev–Trinajstić information content (AvgIpc) is 2.47. The van der Waals surface area contributed by atoms with Gasteiger partial charge in [-0.1, -0.05) is 48.0 Å². The molecule has 0 amide bonds. The lowest BCUT2D eigenvalue weighted by Crippen LogP contribution is -2.23. The molecule has 0 aliphatic heterocycles. The second-order valence-electron chi connectivity index (χ2n) is 5.97. The van der Waals surface area contributed by atoms with Gasteiger partial charge in [0.2, 0.25) is 0 Å². The van der Waals surface area contributed by atoms with Gasteiger partial charge < -0.3 is 0 Å². The summed E-state index contributed by atoms with van der Waals surface area (Å²) in [7, 11) is 0. The van der Waals surface area contributed by atoms with Crippen molar-refractivity contribution in [3.8, 4) is 0 Å². The third kappa shape index (κ3) is 3.55. The normalized spacial score (nSPS) is 15.3. The summed E-state index contributed by atoms with van der Waals surface area (Å²) in [4.78, 5) is 9.47. The Morgan fingerprint density at radius 3 is 2.21 bits per heavy atom. The molecule has 2 nitrogen and oxygen atoms in total. The first-order valence-electron chi connectivity index (χ1n) is 7.85. The Hall–Kier alpha value is -0.920. The predicted octanol–water partition coefficient (Wildman–Crippen LogP) is 5.09. The highest BCUT2D eigenvalue weighted by Crippen LogP contribution is 2.32. The van der Waals surface area contributed by atoms with Gasteiger partial charge in [-0.15, -0.1) is 0 Å². The fourth-order valence-corrected chi connectivity index (χ4v) is 2.62. The van der Waals surface area contributed by atoms with Crippen molar-refractivity contribution in [2.45, 2.75) is 78.6 Å². The minimum atomic E-state index is 0.186. The third-order valence-corrected chi connectivity index (χ3v) is 4.96. The number of rotatable bonds is 7. The number of nitrogens with zero attached hydrogens (tertiary/aromatic N) is 2. The maximum absolute atomic E-state index is 4.92. The van der Waals surface area contributed by atoms with E-state index in [0.29, 0.717) is 11.8 Å². The van der Waals surface area contributed by atoms with Crippen LogP contribution in [-0.4, -0.2) is 9.97 Å². The highest BCUT2D eigenvalue weighted by molar-refractivity contribution is 5.16. The van der Waals surface area contributed by atoms with Crippen LogP contribution in [0.25, 0.3) is 0 Å². The van der Waals surface area contributed by atoms with E-state index in [1.165, 1.54) is 12.1 Å². The lowest BCUT2D eigenvalue weighted by Gasteiger charge is -2.27. The minimum absolute atomic E-state index is 0.186. The minimum Gasteiger partial charge on any atom is -0.241 e. The van der Waals surface area contributed by atoms with Crippen LogP contribution in [0, 0.1) is 5.92 Å². The fourth-order valence-electron chi connectivity index (χ4n) is 2.62. The highest BCUT2D eigenvalue weighted by atomic mass is 14.9. The topological polar surface area (TPSA) is 25.8 Å². The van der Waals surface area contributed by atoms with Gasteiger partial charge in [-0.3, -0.25) is 0 Å². The smallest absolute Gasteiger partial charge is 0.131 e. The van der Waals surface area contributed by atoms with Crippen molar-refractivity contribution in [1.29, 1.82) is 0 Å². The molecule has 0 aliphatic rings. The molecular weight excluding hydrogens is 232 g/mol. The van der Waals surface area contributed by atoms with Crippen molar-refractivity contribution in [3.05, 3.63) is 23.8 Å². The Morgan fingerprint density at radius 2 is 1.74 bits per heavy atom. The van der Waals surface area contributed by atoms with Crippen molar-refractivity contribution < 1.29 is 0 Å². The maximum Gasteiger partial charge on any atom is 0.131 e. The van der Waals surface area contributed by atoms with E-state index >= 15 is 0 Å². The Balaban J connectivity index is 3.12. The van der Waals surface area contributed by atoms with Gasteiger partial charge in [-0.25, -0.2) is 9.97 Å². The first kappa shape index (κ1) is 16.1. The van der Waals surface area contributed by atoms with Gasteiger partial charge in [0.05, 0.1) is 0 Å². The summed E-state index contributed by atoms with van der Waals surface area (Å²) in [6.07, 6.45) is 6.50. The molecule has 2 heteroatoms.